The number of urea groups is 1. The number of carbonyl (C=O) groups excluding carboxylic acids is 1. The van der Waals surface area contributed by atoms with Crippen LogP contribution in [-0.2, 0) is 9.57 Å². The lowest BCUT2D eigenvalue weighted by atomic mass is 9.90. The maximum Gasteiger partial charge on any atom is 0.317 e. The summed E-state index contributed by atoms with van der Waals surface area (Å²) in [6.45, 7) is 3.08. The van der Waals surface area contributed by atoms with Crippen LogP contribution in [0.25, 0.3) is 0 Å². The molecule has 0 aromatic carbocycles. The van der Waals surface area contributed by atoms with Crippen molar-refractivity contribution in [3.8, 4) is 0 Å². The summed E-state index contributed by atoms with van der Waals surface area (Å²) >= 11 is 0. The van der Waals surface area contributed by atoms with Crippen LogP contribution in [0.15, 0.2) is 5.16 Å². The molecular formula is C18H29N3O3. The predicted molar refractivity (Wildman–Crippen MR) is 90.9 cm³/mol. The minimum absolute atomic E-state index is 0.0790. The van der Waals surface area contributed by atoms with E-state index in [9.17, 15) is 4.79 Å². The van der Waals surface area contributed by atoms with Crippen LogP contribution >= 0.6 is 0 Å². The van der Waals surface area contributed by atoms with E-state index in [1.54, 1.807) is 0 Å². The summed E-state index contributed by atoms with van der Waals surface area (Å²) in [5, 5.41) is 7.33. The summed E-state index contributed by atoms with van der Waals surface area (Å²) in [4.78, 5) is 20.4. The van der Waals surface area contributed by atoms with Crippen molar-refractivity contribution in [2.45, 2.75) is 63.5 Å². The second-order valence-corrected chi connectivity index (χ2v) is 7.72. The molecule has 2 unspecified atom stereocenters. The highest BCUT2D eigenvalue weighted by Gasteiger charge is 2.38. The van der Waals surface area contributed by atoms with Crippen molar-refractivity contribution in [3.63, 3.8) is 0 Å². The highest BCUT2D eigenvalue weighted by molar-refractivity contribution is 5.92. The van der Waals surface area contributed by atoms with Crippen molar-refractivity contribution in [3.05, 3.63) is 0 Å². The van der Waals surface area contributed by atoms with Crippen LogP contribution < -0.4 is 5.32 Å². The minimum Gasteiger partial charge on any atom is -0.392 e. The van der Waals surface area contributed by atoms with Gasteiger partial charge in [0.15, 0.2) is 0 Å². The quantitative estimate of drug-likeness (QED) is 0.840. The Morgan fingerprint density at radius 1 is 1.12 bits per heavy atom. The molecule has 0 spiro atoms. The number of nitrogens with one attached hydrogen (secondary N) is 1. The Morgan fingerprint density at radius 2 is 1.92 bits per heavy atom. The summed E-state index contributed by atoms with van der Waals surface area (Å²) < 4.78 is 5.45. The van der Waals surface area contributed by atoms with Crippen molar-refractivity contribution >= 4 is 11.7 Å². The SMILES string of the molecule is O=C(NCC1=NOC2CCCC12)N(CC1CCOCC1)C1CCC1. The fraction of sp³-hybridized carbons (Fsp3) is 0.889. The highest BCUT2D eigenvalue weighted by atomic mass is 16.6. The predicted octanol–water partition coefficient (Wildman–Crippen LogP) is 2.53. The number of hydrogen-bond acceptors (Lipinski definition) is 4. The van der Waals surface area contributed by atoms with Crippen molar-refractivity contribution in [2.75, 3.05) is 26.3 Å². The Balaban J connectivity index is 1.31. The maximum absolute atomic E-state index is 12.8. The molecule has 2 heterocycles. The fourth-order valence-electron chi connectivity index (χ4n) is 4.37. The zero-order chi connectivity index (χ0) is 16.4. The normalized spacial score (nSPS) is 30.2. The molecule has 0 aromatic rings. The van der Waals surface area contributed by atoms with Crippen molar-refractivity contribution in [2.24, 2.45) is 17.0 Å². The summed E-state index contributed by atoms with van der Waals surface area (Å²) in [5.41, 5.74) is 1.03. The van der Waals surface area contributed by atoms with Crippen LogP contribution in [0.3, 0.4) is 0 Å². The molecule has 24 heavy (non-hydrogen) atoms. The van der Waals surface area contributed by atoms with E-state index in [1.807, 2.05) is 0 Å². The van der Waals surface area contributed by atoms with Crippen LogP contribution in [0.1, 0.15) is 51.4 Å². The monoisotopic (exact) mass is 335 g/mol. The van der Waals surface area contributed by atoms with Crippen LogP contribution in [0.5, 0.6) is 0 Å². The molecule has 2 saturated carbocycles. The standard InChI is InChI=1S/C18H29N3O3/c22-18(19-11-16-15-5-2-6-17(15)24-20-16)21(14-3-1-4-14)12-13-7-9-23-10-8-13/h13-15,17H,1-12H2,(H,19,22). The van der Waals surface area contributed by atoms with Crippen molar-refractivity contribution in [1.82, 2.24) is 10.2 Å². The molecule has 2 amide bonds. The smallest absolute Gasteiger partial charge is 0.317 e. The molecule has 4 rings (SSSR count). The molecule has 2 aliphatic carbocycles. The van der Waals surface area contributed by atoms with Gasteiger partial charge in [-0.15, -0.1) is 0 Å². The molecule has 0 radical (unpaired) electrons. The van der Waals surface area contributed by atoms with Gasteiger partial charge in [0, 0.05) is 31.7 Å². The second-order valence-electron chi connectivity index (χ2n) is 7.72. The van der Waals surface area contributed by atoms with E-state index in [4.69, 9.17) is 9.57 Å². The molecule has 1 saturated heterocycles. The Bertz CT molecular complexity index is 486. The summed E-state index contributed by atoms with van der Waals surface area (Å²) in [6, 6.07) is 0.504. The zero-order valence-corrected chi connectivity index (χ0v) is 14.4. The van der Waals surface area contributed by atoms with Crippen LogP contribution in [0.2, 0.25) is 0 Å². The first-order chi connectivity index (χ1) is 11.8. The molecular weight excluding hydrogens is 306 g/mol. The second kappa shape index (κ2) is 7.30. The van der Waals surface area contributed by atoms with Crippen LogP contribution in [0, 0.1) is 11.8 Å². The summed E-state index contributed by atoms with van der Waals surface area (Å²) in [7, 11) is 0. The number of fused-ring (bicyclic) bond motifs is 1. The topological polar surface area (TPSA) is 63.2 Å². The van der Waals surface area contributed by atoms with Gasteiger partial charge in [0.2, 0.25) is 0 Å². The number of oxime groups is 1. The molecule has 2 atom stereocenters. The number of carbonyl (C=O) groups is 1. The lowest BCUT2D eigenvalue weighted by Crippen LogP contribution is -2.52. The molecule has 0 bridgehead atoms. The molecule has 6 heteroatoms. The van der Waals surface area contributed by atoms with Crippen LogP contribution in [0.4, 0.5) is 4.79 Å². The van der Waals surface area contributed by atoms with Gasteiger partial charge < -0.3 is 19.8 Å². The van der Waals surface area contributed by atoms with Crippen molar-refractivity contribution < 1.29 is 14.4 Å². The number of hydrogen-bond donors (Lipinski definition) is 1. The molecule has 6 nitrogen and oxygen atoms in total. The molecule has 0 aromatic heterocycles. The number of ether oxygens (including phenoxy) is 1. The first-order valence-corrected chi connectivity index (χ1v) is 9.66. The Morgan fingerprint density at radius 3 is 2.67 bits per heavy atom. The van der Waals surface area contributed by atoms with Gasteiger partial charge in [0.05, 0.1) is 12.3 Å². The molecule has 134 valence electrons. The van der Waals surface area contributed by atoms with Crippen LogP contribution in [-0.4, -0.2) is 55.1 Å². The first-order valence-electron chi connectivity index (χ1n) is 9.66. The van der Waals surface area contributed by atoms with E-state index in [-0.39, 0.29) is 12.1 Å². The van der Waals surface area contributed by atoms with E-state index in [1.165, 1.54) is 12.8 Å². The zero-order valence-electron chi connectivity index (χ0n) is 14.4. The van der Waals surface area contributed by atoms with Gasteiger partial charge in [-0.3, -0.25) is 0 Å². The van der Waals surface area contributed by atoms with Gasteiger partial charge in [-0.2, -0.15) is 0 Å². The summed E-state index contributed by atoms with van der Waals surface area (Å²) in [6.07, 6.45) is 9.39. The van der Waals surface area contributed by atoms with Gasteiger partial charge >= 0.3 is 6.03 Å². The largest absolute Gasteiger partial charge is 0.392 e. The van der Waals surface area contributed by atoms with Gasteiger partial charge in [-0.25, -0.2) is 4.79 Å². The lowest BCUT2D eigenvalue weighted by molar-refractivity contribution is 0.0451. The number of rotatable bonds is 5. The fourth-order valence-corrected chi connectivity index (χ4v) is 4.37. The maximum atomic E-state index is 12.8. The van der Waals surface area contributed by atoms with Crippen molar-refractivity contribution in [1.29, 1.82) is 0 Å². The van der Waals surface area contributed by atoms with Gasteiger partial charge in [-0.05, 0) is 57.3 Å². The van der Waals surface area contributed by atoms with Gasteiger partial charge in [0.25, 0.3) is 0 Å². The van der Waals surface area contributed by atoms with E-state index >= 15 is 0 Å². The van der Waals surface area contributed by atoms with E-state index in [0.717, 1.165) is 64.0 Å². The third-order valence-corrected chi connectivity index (χ3v) is 6.18. The Labute approximate surface area is 143 Å². The molecule has 2 aliphatic heterocycles. The van der Waals surface area contributed by atoms with E-state index in [0.29, 0.717) is 24.4 Å². The molecule has 3 fully saturated rings. The first kappa shape index (κ1) is 16.2. The molecule has 4 aliphatic rings. The average Bonchev–Trinajstić information content (AvgIpc) is 3.15. The summed E-state index contributed by atoms with van der Waals surface area (Å²) in [5.74, 6) is 1.01. The Hall–Kier alpha value is -1.30. The Kier molecular flexibility index (Phi) is 4.92. The third-order valence-electron chi connectivity index (χ3n) is 6.18. The van der Waals surface area contributed by atoms with E-state index in [2.05, 4.69) is 15.4 Å². The third kappa shape index (κ3) is 3.39. The average molecular weight is 335 g/mol. The number of amides is 2. The van der Waals surface area contributed by atoms with Gasteiger partial charge in [-0.1, -0.05) is 5.16 Å². The van der Waals surface area contributed by atoms with Gasteiger partial charge in [0.1, 0.15) is 6.10 Å². The number of nitrogens with zero attached hydrogens (tertiary/aromatic N) is 2. The van der Waals surface area contributed by atoms with E-state index < -0.39 is 0 Å². The lowest BCUT2D eigenvalue weighted by Gasteiger charge is -2.40. The minimum atomic E-state index is 0.0790. The molecule has 1 N–H and O–H groups in total. The highest BCUT2D eigenvalue weighted by Crippen LogP contribution is 2.34.